The van der Waals surface area contributed by atoms with Crippen molar-refractivity contribution in [3.8, 4) is 11.1 Å². The number of aliphatic hydroxyl groups is 1. The van der Waals surface area contributed by atoms with Crippen LogP contribution >= 0.6 is 18.4 Å². The van der Waals surface area contributed by atoms with Crippen LogP contribution in [0.3, 0.4) is 0 Å². The van der Waals surface area contributed by atoms with E-state index in [9.17, 15) is 45.1 Å². The van der Waals surface area contributed by atoms with Crippen molar-refractivity contribution in [2.45, 2.75) is 69.1 Å². The molecular formula is C35H36F5IN2O5S. The Balaban J connectivity index is 1.42. The van der Waals surface area contributed by atoms with Crippen molar-refractivity contribution in [2.24, 2.45) is 0 Å². The van der Waals surface area contributed by atoms with Gasteiger partial charge in [0.05, 0.1) is 12.1 Å². The van der Waals surface area contributed by atoms with Gasteiger partial charge in [-0.3, -0.25) is 9.80 Å². The molecule has 1 N–H and O–H groups in total. The van der Waals surface area contributed by atoms with Gasteiger partial charge in [0.15, 0.2) is 11.6 Å². The van der Waals surface area contributed by atoms with E-state index in [1.165, 1.54) is 41.4 Å². The minimum absolute atomic E-state index is 0.0990. The Morgan fingerprint density at radius 2 is 1.73 bits per heavy atom. The summed E-state index contributed by atoms with van der Waals surface area (Å²) < 4.78 is 95.5. The number of aliphatic hydroxyl groups excluding tert-OH is 1. The Kier molecular flexibility index (Phi) is 10.3. The number of fused-ring (bicyclic) bond motifs is 1. The van der Waals surface area contributed by atoms with Crippen LogP contribution in [0.5, 0.6) is 0 Å². The van der Waals surface area contributed by atoms with Gasteiger partial charge in [-0.25, -0.2) is 13.8 Å². The Morgan fingerprint density at radius 3 is 2.39 bits per heavy atom. The Morgan fingerprint density at radius 1 is 1.02 bits per heavy atom. The second kappa shape index (κ2) is 13.7. The number of aryl methyl sites for hydroxylation is 2. The predicted octanol–water partition coefficient (Wildman–Crippen LogP) is 7.93. The van der Waals surface area contributed by atoms with Gasteiger partial charge in [0, 0.05) is 12.1 Å². The van der Waals surface area contributed by atoms with Crippen molar-refractivity contribution in [1.29, 1.82) is 0 Å². The summed E-state index contributed by atoms with van der Waals surface area (Å²) in [5.74, 6) is -4.14. The summed E-state index contributed by atoms with van der Waals surface area (Å²) >= 11 is -2.32. The first-order valence-corrected chi connectivity index (χ1v) is 23.8. The number of ketones is 1. The fourth-order valence-corrected chi connectivity index (χ4v) is 11.3. The van der Waals surface area contributed by atoms with Gasteiger partial charge >= 0.3 is 175 Å². The number of hydrogen-bond donors (Lipinski definition) is 1. The molecule has 3 aromatic rings. The summed E-state index contributed by atoms with van der Waals surface area (Å²) in [6.07, 6.45) is -3.67. The van der Waals surface area contributed by atoms with Crippen LogP contribution in [0.2, 0.25) is 0 Å². The zero-order valence-electron chi connectivity index (χ0n) is 27.3. The topological polar surface area (TPSA) is 95.0 Å². The molecule has 1 amide bonds. The maximum atomic E-state index is 14.6. The van der Waals surface area contributed by atoms with Gasteiger partial charge < -0.3 is 5.11 Å². The number of rotatable bonds is 10. The zero-order chi connectivity index (χ0) is 36.1. The van der Waals surface area contributed by atoms with E-state index >= 15 is 0 Å². The molecule has 3 aromatic carbocycles. The minimum Gasteiger partial charge on any atom is -0.509 e. The zero-order valence-corrected chi connectivity index (χ0v) is 30.3. The first kappa shape index (κ1) is 36.9. The molecule has 5 rings (SSSR count). The monoisotopic (exact) mass is 818 g/mol. The molecule has 0 spiro atoms. The molecule has 1 saturated heterocycles. The van der Waals surface area contributed by atoms with Crippen molar-refractivity contribution in [3.63, 3.8) is 0 Å². The molecule has 0 aliphatic carbocycles. The molecule has 2 heterocycles. The summed E-state index contributed by atoms with van der Waals surface area (Å²) in [6.45, 7) is 3.27. The third-order valence-corrected chi connectivity index (χ3v) is 19.3. The van der Waals surface area contributed by atoms with Crippen molar-refractivity contribution >= 4 is 37.1 Å². The van der Waals surface area contributed by atoms with E-state index in [0.717, 1.165) is 18.2 Å². The Labute approximate surface area is 287 Å². The summed E-state index contributed by atoms with van der Waals surface area (Å²) in [5, 5.41) is 14.0. The Bertz CT molecular complexity index is 1960. The number of benzene rings is 3. The number of carbonyl (C=O) groups excluding carboxylic acids is 2. The fraction of sp³-hybridized carbons (Fsp3) is 0.371. The maximum absolute atomic E-state index is 14.6. The molecule has 1 unspecified atom stereocenters. The van der Waals surface area contributed by atoms with E-state index in [4.69, 9.17) is 0 Å². The molecule has 7 nitrogen and oxygen atoms in total. The SMILES string of the molecule is Cc1cc(S(=O)(=O)I(C)C)ccc1-c1cc(C(F)(F)F)ccc1CCCC(=O)C1=C(O)C2(C)CCCN2N(Cc2cccc(F)c2F)C1=O. The quantitative estimate of drug-likeness (QED) is 0.0735. The van der Waals surface area contributed by atoms with Gasteiger partial charge in [-0.05, 0) is 25.8 Å². The molecule has 0 saturated carbocycles. The van der Waals surface area contributed by atoms with Crippen LogP contribution in [-0.4, -0.2) is 57.2 Å². The average molecular weight is 819 g/mol. The first-order valence-electron chi connectivity index (χ1n) is 15.4. The van der Waals surface area contributed by atoms with Crippen LogP contribution in [0.15, 0.2) is 70.8 Å². The molecule has 1 fully saturated rings. The second-order valence-corrected chi connectivity index (χ2v) is 25.4. The summed E-state index contributed by atoms with van der Waals surface area (Å²) in [5.41, 5.74) is -0.965. The number of halogens is 6. The number of Topliss-reactive ketones (excluding diaryl/α,β-unsaturated/α-hetero) is 1. The number of alkyl halides is 5. The van der Waals surface area contributed by atoms with Crippen LogP contribution in [0.1, 0.15) is 54.9 Å². The van der Waals surface area contributed by atoms with Crippen molar-refractivity contribution < 1.29 is 45.1 Å². The Hall–Kier alpha value is -3.37. The normalized spacial score (nSPS) is 19.0. The van der Waals surface area contributed by atoms with E-state index in [-0.39, 0.29) is 41.8 Å². The summed E-state index contributed by atoms with van der Waals surface area (Å²) in [4.78, 5) is 30.9. The molecule has 264 valence electrons. The van der Waals surface area contributed by atoms with Gasteiger partial charge in [0.25, 0.3) is 5.91 Å². The van der Waals surface area contributed by atoms with Crippen molar-refractivity contribution in [2.75, 3.05) is 16.4 Å². The molecule has 2 aliphatic heterocycles. The molecule has 2 aliphatic rings. The van der Waals surface area contributed by atoms with Crippen LogP contribution < -0.4 is 0 Å². The van der Waals surface area contributed by atoms with Crippen LogP contribution in [0.25, 0.3) is 11.1 Å². The smallest absolute Gasteiger partial charge is 0.509 e. The van der Waals surface area contributed by atoms with E-state index in [1.807, 2.05) is 0 Å². The van der Waals surface area contributed by atoms with Crippen LogP contribution in [-0.2, 0) is 35.7 Å². The molecule has 1 atom stereocenters. The molecule has 0 bridgehead atoms. The van der Waals surface area contributed by atoms with Gasteiger partial charge in [-0.1, -0.05) is 12.1 Å². The predicted molar refractivity (Wildman–Crippen MR) is 184 cm³/mol. The number of amides is 1. The number of hydrogen-bond acceptors (Lipinski definition) is 6. The summed E-state index contributed by atoms with van der Waals surface area (Å²) in [6, 6.07) is 11.2. The fourth-order valence-electron chi connectivity index (χ4n) is 6.48. The molecule has 0 aromatic heterocycles. The summed E-state index contributed by atoms with van der Waals surface area (Å²) in [7, 11) is -3.47. The van der Waals surface area contributed by atoms with Gasteiger partial charge in [-0.15, -0.1) is 0 Å². The van der Waals surface area contributed by atoms with E-state index in [0.29, 0.717) is 36.1 Å². The van der Waals surface area contributed by atoms with Gasteiger partial charge in [0.2, 0.25) is 0 Å². The average Bonchev–Trinajstić information content (AvgIpc) is 3.43. The molecular weight excluding hydrogens is 782 g/mol. The first-order chi connectivity index (χ1) is 22.9. The van der Waals surface area contributed by atoms with E-state index < -0.39 is 77.4 Å². The molecule has 14 heteroatoms. The van der Waals surface area contributed by atoms with Gasteiger partial charge in [0.1, 0.15) is 5.76 Å². The van der Waals surface area contributed by atoms with Crippen molar-refractivity contribution in [1.82, 2.24) is 10.0 Å². The third-order valence-electron chi connectivity index (χ3n) is 9.18. The number of nitrogens with zero attached hydrogens (tertiary/aromatic N) is 2. The third kappa shape index (κ3) is 7.00. The minimum atomic E-state index is -4.64. The van der Waals surface area contributed by atoms with Gasteiger partial charge in [-0.2, -0.15) is 0 Å². The van der Waals surface area contributed by atoms with Crippen LogP contribution in [0, 0.1) is 18.6 Å². The standard InChI is InChI=1S/C35H36F5IN2O5S/c1-21-18-25(49(47,48)41(3)4)14-15-26(21)27-19-24(35(38,39)40)13-12-22(27)8-6-11-29(44)30-32(45)34(2)16-7-17-43(34)42(33(30)46)20-23-9-5-10-28(36)31(23)37/h5,9-10,12-15,18-19,45H,6-8,11,16-17,20H2,1-4H3. The van der Waals surface area contributed by atoms with Crippen LogP contribution in [0.4, 0.5) is 22.0 Å². The van der Waals surface area contributed by atoms with Crippen molar-refractivity contribution in [3.05, 3.63) is 99.8 Å². The van der Waals surface area contributed by atoms with E-state index in [2.05, 4.69) is 0 Å². The second-order valence-electron chi connectivity index (χ2n) is 12.5. The number of carbonyl (C=O) groups is 2. The van der Waals surface area contributed by atoms with E-state index in [1.54, 1.807) is 28.7 Å². The molecule has 0 radical (unpaired) electrons. The molecule has 49 heavy (non-hydrogen) atoms. The number of hydrazine groups is 1.